The van der Waals surface area contributed by atoms with Crippen LogP contribution < -0.4 is 0 Å². The molecule has 17 heavy (non-hydrogen) atoms. The van der Waals surface area contributed by atoms with Crippen LogP contribution in [0.15, 0.2) is 48.6 Å². The lowest BCUT2D eigenvalue weighted by molar-refractivity contribution is -0.0449. The van der Waals surface area contributed by atoms with Crippen LogP contribution in [-0.2, 0) is 0 Å². The Morgan fingerprint density at radius 3 is 2.47 bits per heavy atom. The average Bonchev–Trinajstić information content (AvgIpc) is 2.34. The summed E-state index contributed by atoms with van der Waals surface area (Å²) in [5, 5.41) is 17.7. The highest BCUT2D eigenvalue weighted by Crippen LogP contribution is 2.22. The molecule has 1 aromatic rings. The zero-order valence-corrected chi connectivity index (χ0v) is 9.13. The molecule has 1 rings (SSSR count). The fourth-order valence-electron chi connectivity index (χ4n) is 1.20. The molecular formula is C13H14F2O2. The van der Waals surface area contributed by atoms with Crippen LogP contribution in [0.2, 0.25) is 0 Å². The highest BCUT2D eigenvalue weighted by atomic mass is 19.3. The average molecular weight is 240 g/mol. The van der Waals surface area contributed by atoms with Crippen LogP contribution in [0.1, 0.15) is 5.56 Å². The molecule has 0 aromatic heterocycles. The van der Waals surface area contributed by atoms with Crippen molar-refractivity contribution in [3.05, 3.63) is 54.1 Å². The second-order valence-corrected chi connectivity index (χ2v) is 3.47. The van der Waals surface area contributed by atoms with E-state index in [0.717, 1.165) is 17.7 Å². The molecule has 0 bridgehead atoms. The number of rotatable bonds is 5. The quantitative estimate of drug-likeness (QED) is 0.775. The van der Waals surface area contributed by atoms with Crippen molar-refractivity contribution in [2.24, 2.45) is 0 Å². The number of aliphatic hydroxyl groups excluding tert-OH is 2. The summed E-state index contributed by atoms with van der Waals surface area (Å²) in [6.45, 7) is -0.481. The van der Waals surface area contributed by atoms with E-state index < -0.39 is 18.6 Å². The summed E-state index contributed by atoms with van der Waals surface area (Å²) in [4.78, 5) is 0. The SMILES string of the molecule is OC/C=C\C(F)(F)[C@H](O)/C=C/c1ccccc1. The van der Waals surface area contributed by atoms with Crippen molar-refractivity contribution >= 4 is 6.08 Å². The smallest absolute Gasteiger partial charge is 0.295 e. The van der Waals surface area contributed by atoms with Crippen molar-refractivity contribution in [1.82, 2.24) is 0 Å². The van der Waals surface area contributed by atoms with Gasteiger partial charge in [-0.1, -0.05) is 42.5 Å². The predicted molar refractivity (Wildman–Crippen MR) is 62.7 cm³/mol. The van der Waals surface area contributed by atoms with Gasteiger partial charge in [-0.15, -0.1) is 0 Å². The lowest BCUT2D eigenvalue weighted by Gasteiger charge is -2.15. The molecule has 92 valence electrons. The second kappa shape index (κ2) is 6.27. The standard InChI is InChI=1S/C13H14F2O2/c14-13(15,9-4-10-16)12(17)8-7-11-5-2-1-3-6-11/h1-9,12,16-17H,10H2/b8-7+,9-4-/t12-/m1/s1. The van der Waals surface area contributed by atoms with Gasteiger partial charge in [0.2, 0.25) is 0 Å². The molecule has 0 amide bonds. The summed E-state index contributed by atoms with van der Waals surface area (Å²) in [5.41, 5.74) is 0.730. The molecule has 0 saturated heterocycles. The summed E-state index contributed by atoms with van der Waals surface area (Å²) in [5.74, 6) is -3.38. The van der Waals surface area contributed by atoms with Gasteiger partial charge in [0.05, 0.1) is 6.61 Å². The summed E-state index contributed by atoms with van der Waals surface area (Å²) >= 11 is 0. The summed E-state index contributed by atoms with van der Waals surface area (Å²) in [7, 11) is 0. The Hall–Kier alpha value is -1.52. The maximum atomic E-state index is 13.2. The molecule has 2 nitrogen and oxygen atoms in total. The summed E-state index contributed by atoms with van der Waals surface area (Å²) in [6, 6.07) is 8.84. The van der Waals surface area contributed by atoms with Crippen molar-refractivity contribution < 1.29 is 19.0 Å². The first-order valence-electron chi connectivity index (χ1n) is 5.14. The van der Waals surface area contributed by atoms with Crippen LogP contribution in [0.3, 0.4) is 0 Å². The molecule has 0 heterocycles. The fraction of sp³-hybridized carbons (Fsp3) is 0.231. The van der Waals surface area contributed by atoms with Crippen LogP contribution in [0.5, 0.6) is 0 Å². The van der Waals surface area contributed by atoms with Gasteiger partial charge in [0, 0.05) is 0 Å². The van der Waals surface area contributed by atoms with Gasteiger partial charge in [-0.25, -0.2) is 0 Å². The molecule has 0 aliphatic carbocycles. The topological polar surface area (TPSA) is 40.5 Å². The van der Waals surface area contributed by atoms with Gasteiger partial charge in [0.1, 0.15) is 6.10 Å². The highest BCUT2D eigenvalue weighted by Gasteiger charge is 2.33. The molecule has 1 aromatic carbocycles. The minimum atomic E-state index is -3.38. The van der Waals surface area contributed by atoms with Crippen molar-refractivity contribution in [3.63, 3.8) is 0 Å². The monoisotopic (exact) mass is 240 g/mol. The van der Waals surface area contributed by atoms with Gasteiger partial charge in [-0.2, -0.15) is 8.78 Å². The first-order valence-corrected chi connectivity index (χ1v) is 5.14. The van der Waals surface area contributed by atoms with E-state index in [0.29, 0.717) is 6.08 Å². The highest BCUT2D eigenvalue weighted by molar-refractivity contribution is 5.49. The Bertz CT molecular complexity index is 386. The van der Waals surface area contributed by atoms with Gasteiger partial charge in [0.15, 0.2) is 0 Å². The molecule has 2 N–H and O–H groups in total. The Kier molecular flexibility index (Phi) is 5.00. The molecule has 0 aliphatic heterocycles. The number of benzene rings is 1. The molecule has 0 radical (unpaired) electrons. The van der Waals surface area contributed by atoms with Crippen LogP contribution in [0.25, 0.3) is 6.08 Å². The van der Waals surface area contributed by atoms with Crippen molar-refractivity contribution in [1.29, 1.82) is 0 Å². The van der Waals surface area contributed by atoms with E-state index in [9.17, 15) is 13.9 Å². The summed E-state index contributed by atoms with van der Waals surface area (Å²) in [6.07, 6.45) is 1.93. The normalized spacial score (nSPS) is 14.6. The minimum absolute atomic E-state index is 0.481. The van der Waals surface area contributed by atoms with Crippen LogP contribution >= 0.6 is 0 Å². The van der Waals surface area contributed by atoms with Gasteiger partial charge in [-0.3, -0.25) is 0 Å². The number of hydrogen-bond donors (Lipinski definition) is 2. The van der Waals surface area contributed by atoms with E-state index in [1.54, 1.807) is 24.3 Å². The van der Waals surface area contributed by atoms with Gasteiger partial charge >= 0.3 is 0 Å². The Balaban J connectivity index is 2.68. The molecule has 0 saturated carbocycles. The number of hydrogen-bond acceptors (Lipinski definition) is 2. The Labute approximate surface area is 98.5 Å². The van der Waals surface area contributed by atoms with Crippen molar-refractivity contribution in [2.45, 2.75) is 12.0 Å². The van der Waals surface area contributed by atoms with E-state index >= 15 is 0 Å². The minimum Gasteiger partial charge on any atom is -0.392 e. The third-order valence-corrected chi connectivity index (χ3v) is 2.11. The van der Waals surface area contributed by atoms with Gasteiger partial charge in [0.25, 0.3) is 5.92 Å². The van der Waals surface area contributed by atoms with E-state index in [1.165, 1.54) is 6.08 Å². The van der Waals surface area contributed by atoms with E-state index in [-0.39, 0.29) is 0 Å². The zero-order valence-electron chi connectivity index (χ0n) is 9.13. The largest absolute Gasteiger partial charge is 0.392 e. The van der Waals surface area contributed by atoms with E-state index in [2.05, 4.69) is 0 Å². The van der Waals surface area contributed by atoms with Gasteiger partial charge < -0.3 is 10.2 Å². The number of halogens is 2. The second-order valence-electron chi connectivity index (χ2n) is 3.47. The molecule has 0 unspecified atom stereocenters. The van der Waals surface area contributed by atoms with Crippen LogP contribution in [0, 0.1) is 0 Å². The summed E-state index contributed by atoms with van der Waals surface area (Å²) < 4.78 is 26.4. The first kappa shape index (κ1) is 13.5. The molecule has 0 spiro atoms. The lowest BCUT2D eigenvalue weighted by atomic mass is 10.1. The molecule has 0 aliphatic rings. The lowest BCUT2D eigenvalue weighted by Crippen LogP contribution is -2.29. The predicted octanol–water partition coefficient (Wildman–Crippen LogP) is 2.24. The zero-order chi connectivity index (χ0) is 12.7. The first-order chi connectivity index (χ1) is 8.06. The van der Waals surface area contributed by atoms with Gasteiger partial charge in [-0.05, 0) is 17.7 Å². The molecular weight excluding hydrogens is 226 g/mol. The third-order valence-electron chi connectivity index (χ3n) is 2.11. The Morgan fingerprint density at radius 1 is 1.24 bits per heavy atom. The van der Waals surface area contributed by atoms with Crippen LogP contribution in [-0.4, -0.2) is 28.8 Å². The van der Waals surface area contributed by atoms with Crippen LogP contribution in [0.4, 0.5) is 8.78 Å². The Morgan fingerprint density at radius 2 is 1.88 bits per heavy atom. The molecule has 1 atom stereocenters. The maximum Gasteiger partial charge on any atom is 0.295 e. The number of aliphatic hydroxyl groups is 2. The van der Waals surface area contributed by atoms with Crippen molar-refractivity contribution in [3.8, 4) is 0 Å². The van der Waals surface area contributed by atoms with E-state index in [1.807, 2.05) is 6.07 Å². The molecule has 4 heteroatoms. The third kappa shape index (κ3) is 4.46. The number of alkyl halides is 2. The maximum absolute atomic E-state index is 13.2. The van der Waals surface area contributed by atoms with E-state index in [4.69, 9.17) is 5.11 Å². The molecule has 0 fully saturated rings. The fourth-order valence-corrected chi connectivity index (χ4v) is 1.20. The van der Waals surface area contributed by atoms with Crippen molar-refractivity contribution in [2.75, 3.05) is 6.61 Å².